The van der Waals surface area contributed by atoms with Crippen LogP contribution in [0.4, 0.5) is 8.78 Å². The van der Waals surface area contributed by atoms with E-state index in [4.69, 9.17) is 11.6 Å². The number of benzene rings is 2. The predicted molar refractivity (Wildman–Crippen MR) is 98.0 cm³/mol. The van der Waals surface area contributed by atoms with Crippen LogP contribution in [0, 0.1) is 11.6 Å². The maximum absolute atomic E-state index is 13.7. The zero-order chi connectivity index (χ0) is 19.7. The molecule has 5 nitrogen and oxygen atoms in total. The van der Waals surface area contributed by atoms with E-state index in [2.05, 4.69) is 4.99 Å². The number of aromatic nitrogens is 1. The van der Waals surface area contributed by atoms with Gasteiger partial charge >= 0.3 is 5.97 Å². The summed E-state index contributed by atoms with van der Waals surface area (Å²) in [6.07, 6.45) is 0.165. The number of thiazole rings is 1. The third kappa shape index (κ3) is 3.77. The molecule has 0 aliphatic carbocycles. The van der Waals surface area contributed by atoms with Crippen LogP contribution in [-0.2, 0) is 4.79 Å². The molecule has 1 heterocycles. The Labute approximate surface area is 161 Å². The van der Waals surface area contributed by atoms with Crippen molar-refractivity contribution in [2.75, 3.05) is 0 Å². The first kappa shape index (κ1) is 19.2. The summed E-state index contributed by atoms with van der Waals surface area (Å²) in [5.74, 6) is -3.98. The Hall–Kier alpha value is -2.58. The maximum atomic E-state index is 13.7. The fourth-order valence-electron chi connectivity index (χ4n) is 2.66. The molecule has 3 aromatic rings. The second kappa shape index (κ2) is 7.58. The van der Waals surface area contributed by atoms with Gasteiger partial charge in [0.1, 0.15) is 6.04 Å². The summed E-state index contributed by atoms with van der Waals surface area (Å²) in [6, 6.07) is 6.91. The number of fused-ring (bicyclic) bond motifs is 1. The largest absolute Gasteiger partial charge is 0.480 e. The molecular weight excluding hydrogens is 398 g/mol. The fraction of sp³-hybridized carbons (Fsp3) is 0.167. The van der Waals surface area contributed by atoms with E-state index in [9.17, 15) is 23.5 Å². The van der Waals surface area contributed by atoms with Crippen molar-refractivity contribution in [2.45, 2.75) is 19.4 Å². The van der Waals surface area contributed by atoms with Gasteiger partial charge in [-0.15, -0.1) is 0 Å². The molecule has 0 saturated heterocycles. The summed E-state index contributed by atoms with van der Waals surface area (Å²) in [4.78, 5) is 28.2. The van der Waals surface area contributed by atoms with Crippen molar-refractivity contribution in [3.05, 3.63) is 63.4 Å². The smallest absolute Gasteiger partial charge is 0.326 e. The Morgan fingerprint density at radius 3 is 2.59 bits per heavy atom. The van der Waals surface area contributed by atoms with Gasteiger partial charge in [-0.1, -0.05) is 35.9 Å². The van der Waals surface area contributed by atoms with Gasteiger partial charge in [0.25, 0.3) is 5.91 Å². The molecule has 2 aromatic carbocycles. The van der Waals surface area contributed by atoms with Gasteiger partial charge in [0.2, 0.25) is 0 Å². The Bertz CT molecular complexity index is 1120. The number of carboxylic acids is 1. The number of carboxylic acid groups (broad SMARTS) is 1. The van der Waals surface area contributed by atoms with E-state index >= 15 is 0 Å². The summed E-state index contributed by atoms with van der Waals surface area (Å²) in [7, 11) is 0. The van der Waals surface area contributed by atoms with E-state index in [-0.39, 0.29) is 27.0 Å². The predicted octanol–water partition coefficient (Wildman–Crippen LogP) is 4.41. The van der Waals surface area contributed by atoms with Crippen LogP contribution in [0.5, 0.6) is 0 Å². The SMILES string of the molecule is CCC(C(=O)O)n1/c(=N/C(=O)c2cccc(Cl)c2)sc2cc(F)c(F)cc21. The zero-order valence-corrected chi connectivity index (χ0v) is 15.5. The number of amides is 1. The molecule has 1 unspecified atom stereocenters. The first-order valence-electron chi connectivity index (χ1n) is 7.89. The molecule has 9 heteroatoms. The average Bonchev–Trinajstić information content (AvgIpc) is 2.93. The van der Waals surface area contributed by atoms with Gasteiger partial charge in [-0.2, -0.15) is 4.99 Å². The molecule has 0 saturated carbocycles. The molecule has 1 atom stereocenters. The third-order valence-electron chi connectivity index (χ3n) is 3.92. The molecule has 0 aliphatic heterocycles. The molecule has 1 amide bonds. The molecule has 1 N–H and O–H groups in total. The summed E-state index contributed by atoms with van der Waals surface area (Å²) in [6.45, 7) is 1.64. The Morgan fingerprint density at radius 1 is 1.26 bits per heavy atom. The van der Waals surface area contributed by atoms with Gasteiger partial charge in [-0.3, -0.25) is 4.79 Å². The van der Waals surface area contributed by atoms with E-state index < -0.39 is 29.6 Å². The van der Waals surface area contributed by atoms with E-state index in [0.717, 1.165) is 23.5 Å². The van der Waals surface area contributed by atoms with Gasteiger partial charge in [0.05, 0.1) is 10.2 Å². The second-order valence-corrected chi connectivity index (χ2v) is 7.12. The van der Waals surface area contributed by atoms with Crippen molar-refractivity contribution in [3.63, 3.8) is 0 Å². The van der Waals surface area contributed by atoms with Gasteiger partial charge < -0.3 is 9.67 Å². The highest BCUT2D eigenvalue weighted by Crippen LogP contribution is 2.25. The summed E-state index contributed by atoms with van der Waals surface area (Å²) in [5, 5.41) is 9.86. The maximum Gasteiger partial charge on any atom is 0.326 e. The van der Waals surface area contributed by atoms with Crippen LogP contribution < -0.4 is 4.80 Å². The molecule has 0 fully saturated rings. The van der Waals surface area contributed by atoms with E-state index in [1.54, 1.807) is 19.1 Å². The quantitative estimate of drug-likeness (QED) is 0.692. The molecule has 0 radical (unpaired) electrons. The molecule has 0 bridgehead atoms. The Balaban J connectivity index is 2.28. The van der Waals surface area contributed by atoms with Crippen LogP contribution in [0.25, 0.3) is 10.2 Å². The molecule has 140 valence electrons. The standard InChI is InChI=1S/C18H13ClF2N2O3S/c1-2-13(17(25)26)23-14-7-11(20)12(21)8-15(14)27-18(23)22-16(24)9-4-3-5-10(19)6-9/h3-8,13H,2H2,1H3,(H,25,26)/b22-18-. The topological polar surface area (TPSA) is 71.7 Å². The van der Waals surface area contributed by atoms with Crippen LogP contribution in [0.15, 0.2) is 41.4 Å². The summed E-state index contributed by atoms with van der Waals surface area (Å²) in [5.41, 5.74) is 0.373. The molecule has 0 spiro atoms. The van der Waals surface area contributed by atoms with Crippen molar-refractivity contribution in [2.24, 2.45) is 4.99 Å². The van der Waals surface area contributed by atoms with Gasteiger partial charge in [0.15, 0.2) is 16.4 Å². The van der Waals surface area contributed by atoms with Crippen molar-refractivity contribution in [1.29, 1.82) is 0 Å². The number of aliphatic carboxylic acids is 1. The van der Waals surface area contributed by atoms with Crippen LogP contribution >= 0.6 is 22.9 Å². The number of halogens is 3. The highest BCUT2D eigenvalue weighted by Gasteiger charge is 2.23. The molecule has 27 heavy (non-hydrogen) atoms. The number of carbonyl (C=O) groups is 2. The van der Waals surface area contributed by atoms with E-state index in [1.807, 2.05) is 0 Å². The lowest BCUT2D eigenvalue weighted by atomic mass is 10.2. The number of nitrogens with zero attached hydrogens (tertiary/aromatic N) is 2. The van der Waals surface area contributed by atoms with Crippen LogP contribution in [0.2, 0.25) is 5.02 Å². The second-order valence-electron chi connectivity index (χ2n) is 5.68. The summed E-state index contributed by atoms with van der Waals surface area (Å²) >= 11 is 6.79. The molecule has 1 aromatic heterocycles. The lowest BCUT2D eigenvalue weighted by Gasteiger charge is -2.13. The summed E-state index contributed by atoms with van der Waals surface area (Å²) < 4.78 is 28.9. The molecular formula is C18H13ClF2N2O3S. The van der Waals surface area contributed by atoms with Crippen LogP contribution in [0.3, 0.4) is 0 Å². The van der Waals surface area contributed by atoms with Crippen molar-refractivity contribution < 1.29 is 23.5 Å². The van der Waals surface area contributed by atoms with Crippen molar-refractivity contribution >= 4 is 45.0 Å². The van der Waals surface area contributed by atoms with Gasteiger partial charge in [0, 0.05) is 16.7 Å². The monoisotopic (exact) mass is 410 g/mol. The Morgan fingerprint density at radius 2 is 1.96 bits per heavy atom. The number of carbonyl (C=O) groups excluding carboxylic acids is 1. The Kier molecular flexibility index (Phi) is 5.38. The zero-order valence-electron chi connectivity index (χ0n) is 13.9. The minimum Gasteiger partial charge on any atom is -0.480 e. The first-order chi connectivity index (χ1) is 12.8. The minimum absolute atomic E-state index is 0.0363. The molecule has 3 rings (SSSR count). The third-order valence-corrected chi connectivity index (χ3v) is 5.17. The van der Waals surface area contributed by atoms with Gasteiger partial charge in [-0.25, -0.2) is 13.6 Å². The van der Waals surface area contributed by atoms with Crippen molar-refractivity contribution in [1.82, 2.24) is 4.57 Å². The normalized spacial score (nSPS) is 13.1. The number of rotatable bonds is 4. The number of hydrogen-bond donors (Lipinski definition) is 1. The lowest BCUT2D eigenvalue weighted by molar-refractivity contribution is -0.140. The molecule has 0 aliphatic rings. The van der Waals surface area contributed by atoms with Gasteiger partial charge in [-0.05, 0) is 30.7 Å². The van der Waals surface area contributed by atoms with Crippen LogP contribution in [-0.4, -0.2) is 21.6 Å². The van der Waals surface area contributed by atoms with Crippen molar-refractivity contribution in [3.8, 4) is 0 Å². The van der Waals surface area contributed by atoms with Crippen LogP contribution in [0.1, 0.15) is 29.7 Å². The average molecular weight is 411 g/mol. The highest BCUT2D eigenvalue weighted by atomic mass is 35.5. The minimum atomic E-state index is -1.17. The highest BCUT2D eigenvalue weighted by molar-refractivity contribution is 7.16. The van der Waals surface area contributed by atoms with E-state index in [1.165, 1.54) is 16.7 Å². The first-order valence-corrected chi connectivity index (χ1v) is 9.08. The van der Waals surface area contributed by atoms with E-state index in [0.29, 0.717) is 5.02 Å². The number of hydrogen-bond acceptors (Lipinski definition) is 3. The lowest BCUT2D eigenvalue weighted by Crippen LogP contribution is -2.27. The fourth-order valence-corrected chi connectivity index (χ4v) is 3.92.